The molecule has 114 valence electrons. The van der Waals surface area contributed by atoms with Gasteiger partial charge in [-0.1, -0.05) is 18.9 Å². The third kappa shape index (κ3) is 3.26. The summed E-state index contributed by atoms with van der Waals surface area (Å²) < 4.78 is 5.23. The second kappa shape index (κ2) is 6.47. The highest BCUT2D eigenvalue weighted by atomic mass is 16.5. The first-order valence-electron chi connectivity index (χ1n) is 7.06. The number of para-hydroxylation sites is 1. The third-order valence-corrected chi connectivity index (χ3v) is 3.83. The van der Waals surface area contributed by atoms with E-state index in [2.05, 4.69) is 0 Å². The molecule has 1 fully saturated rings. The molecule has 1 saturated carbocycles. The molecule has 0 bridgehead atoms. The normalized spacial score (nSPS) is 14.9. The molecule has 0 aromatic heterocycles. The van der Waals surface area contributed by atoms with Crippen LogP contribution in [0.15, 0.2) is 18.2 Å². The van der Waals surface area contributed by atoms with Gasteiger partial charge in [0, 0.05) is 6.04 Å². The van der Waals surface area contributed by atoms with Gasteiger partial charge in [-0.15, -0.1) is 0 Å². The van der Waals surface area contributed by atoms with Gasteiger partial charge in [-0.2, -0.15) is 0 Å². The van der Waals surface area contributed by atoms with E-state index in [-0.39, 0.29) is 18.5 Å². The third-order valence-electron chi connectivity index (χ3n) is 3.83. The van der Waals surface area contributed by atoms with Crippen molar-refractivity contribution in [3.8, 4) is 5.75 Å². The Morgan fingerprint density at radius 2 is 2.00 bits per heavy atom. The predicted molar refractivity (Wildman–Crippen MR) is 79.9 cm³/mol. The summed E-state index contributed by atoms with van der Waals surface area (Å²) in [5.41, 5.74) is 11.9. The Hall–Kier alpha value is -2.24. The summed E-state index contributed by atoms with van der Waals surface area (Å²) in [7, 11) is 1.47. The molecular weight excluding hydrogens is 270 g/mol. The van der Waals surface area contributed by atoms with Crippen molar-refractivity contribution in [3.05, 3.63) is 23.8 Å². The molecule has 4 N–H and O–H groups in total. The number of carbonyl (C=O) groups excluding carboxylic acids is 2. The van der Waals surface area contributed by atoms with Crippen LogP contribution >= 0.6 is 0 Å². The molecule has 0 radical (unpaired) electrons. The van der Waals surface area contributed by atoms with Crippen LogP contribution in [0.4, 0.5) is 5.69 Å². The summed E-state index contributed by atoms with van der Waals surface area (Å²) in [5, 5.41) is 0. The Morgan fingerprint density at radius 1 is 1.33 bits per heavy atom. The second-order valence-corrected chi connectivity index (χ2v) is 5.27. The fourth-order valence-electron chi connectivity index (χ4n) is 2.86. The Morgan fingerprint density at radius 3 is 2.57 bits per heavy atom. The maximum absolute atomic E-state index is 12.8. The summed E-state index contributed by atoms with van der Waals surface area (Å²) >= 11 is 0. The van der Waals surface area contributed by atoms with Gasteiger partial charge in [-0.3, -0.25) is 9.59 Å². The summed E-state index contributed by atoms with van der Waals surface area (Å²) in [4.78, 5) is 25.6. The number of nitrogens with zero attached hydrogens (tertiary/aromatic N) is 1. The molecule has 0 heterocycles. The van der Waals surface area contributed by atoms with E-state index < -0.39 is 5.91 Å². The molecular formula is C15H21N3O3. The molecule has 6 nitrogen and oxygen atoms in total. The lowest BCUT2D eigenvalue weighted by Crippen LogP contribution is -2.44. The molecule has 0 spiro atoms. The number of ether oxygens (including phenoxy) is 1. The van der Waals surface area contributed by atoms with E-state index in [0.717, 1.165) is 25.7 Å². The lowest BCUT2D eigenvalue weighted by atomic mass is 10.1. The van der Waals surface area contributed by atoms with Gasteiger partial charge in [0.1, 0.15) is 0 Å². The van der Waals surface area contributed by atoms with Crippen LogP contribution in [-0.4, -0.2) is 36.4 Å². The SMILES string of the molecule is COc1c(N)cccc1C(=O)N(CC(N)=O)C1CCCC1. The number of carbonyl (C=O) groups is 2. The summed E-state index contributed by atoms with van der Waals surface area (Å²) in [6.07, 6.45) is 3.90. The lowest BCUT2D eigenvalue weighted by molar-refractivity contribution is -0.119. The largest absolute Gasteiger partial charge is 0.494 e. The van der Waals surface area contributed by atoms with Gasteiger partial charge in [-0.25, -0.2) is 0 Å². The molecule has 0 aliphatic heterocycles. The summed E-state index contributed by atoms with van der Waals surface area (Å²) in [6, 6.07) is 5.07. The smallest absolute Gasteiger partial charge is 0.258 e. The van der Waals surface area contributed by atoms with Gasteiger partial charge in [-0.05, 0) is 25.0 Å². The minimum Gasteiger partial charge on any atom is -0.494 e. The Kier molecular flexibility index (Phi) is 4.67. The van der Waals surface area contributed by atoms with Crippen molar-refractivity contribution in [1.82, 2.24) is 4.90 Å². The zero-order chi connectivity index (χ0) is 15.4. The van der Waals surface area contributed by atoms with Crippen LogP contribution < -0.4 is 16.2 Å². The van der Waals surface area contributed by atoms with E-state index in [1.807, 2.05) is 0 Å². The summed E-state index contributed by atoms with van der Waals surface area (Å²) in [6.45, 7) is -0.0819. The Balaban J connectivity index is 2.33. The number of hydrogen-bond donors (Lipinski definition) is 2. The number of primary amides is 1. The Bertz CT molecular complexity index is 539. The Labute approximate surface area is 124 Å². The fourth-order valence-corrected chi connectivity index (χ4v) is 2.86. The van der Waals surface area contributed by atoms with Gasteiger partial charge in [0.2, 0.25) is 5.91 Å². The van der Waals surface area contributed by atoms with Crippen molar-refractivity contribution in [2.45, 2.75) is 31.7 Å². The van der Waals surface area contributed by atoms with Crippen molar-refractivity contribution in [2.75, 3.05) is 19.4 Å². The van der Waals surface area contributed by atoms with Gasteiger partial charge in [0.25, 0.3) is 5.91 Å². The molecule has 0 saturated heterocycles. The molecule has 1 aliphatic rings. The highest BCUT2D eigenvalue weighted by Crippen LogP contribution is 2.30. The van der Waals surface area contributed by atoms with Gasteiger partial charge in [0.15, 0.2) is 5.75 Å². The summed E-state index contributed by atoms with van der Waals surface area (Å²) in [5.74, 6) is -0.432. The zero-order valence-corrected chi connectivity index (χ0v) is 12.2. The van der Waals surface area contributed by atoms with Crippen LogP contribution in [0.2, 0.25) is 0 Å². The number of rotatable bonds is 5. The minimum absolute atomic E-state index is 0.0520. The quantitative estimate of drug-likeness (QED) is 0.795. The first-order valence-corrected chi connectivity index (χ1v) is 7.06. The molecule has 6 heteroatoms. The van der Waals surface area contributed by atoms with Crippen LogP contribution in [0.1, 0.15) is 36.0 Å². The van der Waals surface area contributed by atoms with Crippen LogP contribution in [0, 0.1) is 0 Å². The van der Waals surface area contributed by atoms with E-state index in [1.54, 1.807) is 23.1 Å². The average molecular weight is 291 g/mol. The van der Waals surface area contributed by atoms with E-state index in [0.29, 0.717) is 17.0 Å². The molecule has 2 amide bonds. The second-order valence-electron chi connectivity index (χ2n) is 5.27. The molecule has 1 aromatic rings. The predicted octanol–water partition coefficient (Wildman–Crippen LogP) is 1.15. The van der Waals surface area contributed by atoms with Gasteiger partial charge in [0.05, 0.1) is 24.9 Å². The first-order chi connectivity index (χ1) is 10.0. The minimum atomic E-state index is -0.516. The molecule has 0 unspecified atom stereocenters. The van der Waals surface area contributed by atoms with Crippen molar-refractivity contribution >= 4 is 17.5 Å². The van der Waals surface area contributed by atoms with Gasteiger partial charge < -0.3 is 21.1 Å². The molecule has 1 aliphatic carbocycles. The monoisotopic (exact) mass is 291 g/mol. The highest BCUT2D eigenvalue weighted by molar-refractivity contribution is 6.00. The lowest BCUT2D eigenvalue weighted by Gasteiger charge is -2.28. The number of benzene rings is 1. The van der Waals surface area contributed by atoms with Crippen LogP contribution in [-0.2, 0) is 4.79 Å². The first kappa shape index (κ1) is 15.2. The van der Waals surface area contributed by atoms with Crippen molar-refractivity contribution < 1.29 is 14.3 Å². The van der Waals surface area contributed by atoms with E-state index in [1.165, 1.54) is 7.11 Å². The number of amides is 2. The number of nitrogens with two attached hydrogens (primary N) is 2. The molecule has 0 atom stereocenters. The van der Waals surface area contributed by atoms with Crippen molar-refractivity contribution in [3.63, 3.8) is 0 Å². The van der Waals surface area contributed by atoms with Crippen molar-refractivity contribution in [1.29, 1.82) is 0 Å². The van der Waals surface area contributed by atoms with Crippen LogP contribution in [0.3, 0.4) is 0 Å². The topological polar surface area (TPSA) is 98.7 Å². The van der Waals surface area contributed by atoms with Crippen molar-refractivity contribution in [2.24, 2.45) is 5.73 Å². The molecule has 2 rings (SSSR count). The van der Waals surface area contributed by atoms with Crippen LogP contribution in [0.5, 0.6) is 5.75 Å². The number of nitrogen functional groups attached to an aromatic ring is 1. The number of hydrogen-bond acceptors (Lipinski definition) is 4. The van der Waals surface area contributed by atoms with E-state index in [4.69, 9.17) is 16.2 Å². The maximum atomic E-state index is 12.8. The van der Waals surface area contributed by atoms with Crippen LogP contribution in [0.25, 0.3) is 0 Å². The van der Waals surface area contributed by atoms with Gasteiger partial charge >= 0.3 is 0 Å². The standard InChI is InChI=1S/C15H21N3O3/c1-21-14-11(7-4-8-12(14)16)15(20)18(9-13(17)19)10-5-2-3-6-10/h4,7-8,10H,2-3,5-6,9,16H2,1H3,(H2,17,19). The highest BCUT2D eigenvalue weighted by Gasteiger charge is 2.30. The number of anilines is 1. The molecule has 21 heavy (non-hydrogen) atoms. The zero-order valence-electron chi connectivity index (χ0n) is 12.2. The average Bonchev–Trinajstić information content (AvgIpc) is 2.97. The van der Waals surface area contributed by atoms with E-state index >= 15 is 0 Å². The number of methoxy groups -OCH3 is 1. The maximum Gasteiger partial charge on any atom is 0.258 e. The van der Waals surface area contributed by atoms with E-state index in [9.17, 15) is 9.59 Å². The fraction of sp³-hybridized carbons (Fsp3) is 0.467. The molecule has 1 aromatic carbocycles.